The molecule has 128 valence electrons. The van der Waals surface area contributed by atoms with Gasteiger partial charge in [0.15, 0.2) is 0 Å². The van der Waals surface area contributed by atoms with Crippen molar-refractivity contribution < 1.29 is 14.3 Å². The van der Waals surface area contributed by atoms with Gasteiger partial charge in [0, 0.05) is 24.7 Å². The van der Waals surface area contributed by atoms with Crippen LogP contribution in [0.4, 0.5) is 0 Å². The molecular weight excluding hydrogens is 312 g/mol. The van der Waals surface area contributed by atoms with E-state index in [1.165, 1.54) is 0 Å². The molecule has 0 saturated carbocycles. The molecule has 0 radical (unpaired) electrons. The van der Waals surface area contributed by atoms with Gasteiger partial charge in [-0.1, -0.05) is 13.8 Å². The Bertz CT molecular complexity index is 535. The highest BCUT2D eigenvalue weighted by Gasteiger charge is 2.34. The average Bonchev–Trinajstić information content (AvgIpc) is 2.95. The molecule has 0 aromatic heterocycles. The van der Waals surface area contributed by atoms with E-state index >= 15 is 0 Å². The molecule has 0 aliphatic carbocycles. The van der Waals surface area contributed by atoms with Crippen molar-refractivity contribution in [3.8, 4) is 11.5 Å². The largest absolute Gasteiger partial charge is 0.497 e. The van der Waals surface area contributed by atoms with E-state index in [9.17, 15) is 4.79 Å². The summed E-state index contributed by atoms with van der Waals surface area (Å²) in [6.07, 6.45) is 0. The van der Waals surface area contributed by atoms with E-state index in [1.54, 1.807) is 26.0 Å². The normalized spacial score (nSPS) is 17.9. The monoisotopic (exact) mass is 338 g/mol. The van der Waals surface area contributed by atoms with Crippen LogP contribution in [0, 0.1) is 0 Å². The summed E-state index contributed by atoms with van der Waals surface area (Å²) in [5.74, 6) is 2.25. The van der Waals surface area contributed by atoms with E-state index in [1.807, 2.05) is 23.1 Å². The number of carbonyl (C=O) groups is 1. The maximum atomic E-state index is 12.3. The minimum Gasteiger partial charge on any atom is -0.497 e. The first-order chi connectivity index (χ1) is 11.1. The van der Waals surface area contributed by atoms with Crippen LogP contribution < -0.4 is 9.47 Å². The third-order valence-electron chi connectivity index (χ3n) is 4.23. The van der Waals surface area contributed by atoms with Crippen LogP contribution >= 0.6 is 11.8 Å². The van der Waals surface area contributed by atoms with Gasteiger partial charge in [0.25, 0.3) is 0 Å². The summed E-state index contributed by atoms with van der Waals surface area (Å²) >= 11 is 1.66. The van der Waals surface area contributed by atoms with Gasteiger partial charge in [-0.15, -0.1) is 11.8 Å². The van der Waals surface area contributed by atoms with Crippen LogP contribution in [-0.4, -0.2) is 61.9 Å². The molecule has 6 heteroatoms. The maximum Gasteiger partial charge on any atom is 0.233 e. The number of nitrogens with zero attached hydrogens (tertiary/aromatic N) is 2. The Morgan fingerprint density at radius 3 is 2.61 bits per heavy atom. The Labute approximate surface area is 142 Å². The first kappa shape index (κ1) is 17.9. The summed E-state index contributed by atoms with van der Waals surface area (Å²) in [5.41, 5.74) is 1.03. The summed E-state index contributed by atoms with van der Waals surface area (Å²) in [4.78, 5) is 16.6. The lowest BCUT2D eigenvalue weighted by Crippen LogP contribution is -2.37. The van der Waals surface area contributed by atoms with Crippen LogP contribution in [0.15, 0.2) is 18.2 Å². The standard InChI is InChI=1S/C17H26N2O3S/c1-5-18(6-2)9-10-19-16(20)12-23-17(19)14-8-7-13(21-3)11-15(14)22-4/h7-8,11,17H,5-6,9-10,12H2,1-4H3. The SMILES string of the molecule is CCN(CC)CCN1C(=O)CSC1c1ccc(OC)cc1OC. The fraction of sp³-hybridized carbons (Fsp3) is 0.588. The number of rotatable bonds is 8. The van der Waals surface area contributed by atoms with Crippen molar-refractivity contribution in [3.05, 3.63) is 23.8 Å². The Kier molecular flexibility index (Phi) is 6.59. The number of ether oxygens (including phenoxy) is 2. The maximum absolute atomic E-state index is 12.3. The molecule has 1 aliphatic heterocycles. The third-order valence-corrected chi connectivity index (χ3v) is 5.46. The highest BCUT2D eigenvalue weighted by molar-refractivity contribution is 8.00. The van der Waals surface area contributed by atoms with Crippen molar-refractivity contribution in [1.82, 2.24) is 9.80 Å². The van der Waals surface area contributed by atoms with Gasteiger partial charge in [-0.05, 0) is 25.2 Å². The Balaban J connectivity index is 2.18. The number of benzene rings is 1. The van der Waals surface area contributed by atoms with Gasteiger partial charge >= 0.3 is 0 Å². The van der Waals surface area contributed by atoms with Gasteiger partial charge in [-0.3, -0.25) is 4.79 Å². The second-order valence-corrected chi connectivity index (χ2v) is 6.45. The highest BCUT2D eigenvalue weighted by atomic mass is 32.2. The molecule has 1 aliphatic rings. The lowest BCUT2D eigenvalue weighted by atomic mass is 10.1. The van der Waals surface area contributed by atoms with Crippen molar-refractivity contribution in [3.63, 3.8) is 0 Å². The topological polar surface area (TPSA) is 42.0 Å². The van der Waals surface area contributed by atoms with E-state index in [2.05, 4.69) is 18.7 Å². The van der Waals surface area contributed by atoms with Gasteiger partial charge in [-0.25, -0.2) is 0 Å². The smallest absolute Gasteiger partial charge is 0.233 e. The lowest BCUT2D eigenvalue weighted by molar-refractivity contribution is -0.128. The Morgan fingerprint density at radius 2 is 2.00 bits per heavy atom. The van der Waals surface area contributed by atoms with Crippen LogP contribution in [0.1, 0.15) is 24.8 Å². The quantitative estimate of drug-likeness (QED) is 0.729. The van der Waals surface area contributed by atoms with E-state index in [0.717, 1.165) is 43.2 Å². The molecule has 1 saturated heterocycles. The Morgan fingerprint density at radius 1 is 1.26 bits per heavy atom. The minimum atomic E-state index is 0.0129. The average molecular weight is 338 g/mol. The third kappa shape index (κ3) is 4.12. The second kappa shape index (κ2) is 8.45. The van der Waals surface area contributed by atoms with Crippen molar-refractivity contribution in [2.45, 2.75) is 19.2 Å². The van der Waals surface area contributed by atoms with Crippen molar-refractivity contribution in [2.24, 2.45) is 0 Å². The highest BCUT2D eigenvalue weighted by Crippen LogP contribution is 2.43. The zero-order valence-corrected chi connectivity index (χ0v) is 15.2. The van der Waals surface area contributed by atoms with Crippen molar-refractivity contribution >= 4 is 17.7 Å². The number of likely N-dealkylation sites (N-methyl/N-ethyl adjacent to an activating group) is 1. The predicted octanol–water partition coefficient (Wildman–Crippen LogP) is 2.62. The van der Waals surface area contributed by atoms with Crippen LogP contribution in [-0.2, 0) is 4.79 Å². The summed E-state index contributed by atoms with van der Waals surface area (Å²) < 4.78 is 10.8. The summed E-state index contributed by atoms with van der Waals surface area (Å²) in [7, 11) is 3.29. The number of hydrogen-bond donors (Lipinski definition) is 0. The van der Waals surface area contributed by atoms with Crippen LogP contribution in [0.25, 0.3) is 0 Å². The molecule has 1 fully saturated rings. The first-order valence-corrected chi connectivity index (χ1v) is 9.04. The van der Waals surface area contributed by atoms with E-state index in [-0.39, 0.29) is 11.3 Å². The van der Waals surface area contributed by atoms with Crippen molar-refractivity contribution in [2.75, 3.05) is 46.2 Å². The first-order valence-electron chi connectivity index (χ1n) is 7.99. The molecule has 5 nitrogen and oxygen atoms in total. The number of hydrogen-bond acceptors (Lipinski definition) is 5. The molecule has 0 bridgehead atoms. The lowest BCUT2D eigenvalue weighted by Gasteiger charge is -2.28. The number of amides is 1. The van der Waals surface area contributed by atoms with Gasteiger partial charge in [0.2, 0.25) is 5.91 Å². The minimum absolute atomic E-state index is 0.0129. The van der Waals surface area contributed by atoms with Crippen LogP contribution in [0.2, 0.25) is 0 Å². The molecule has 0 spiro atoms. The predicted molar refractivity (Wildman–Crippen MR) is 94.2 cm³/mol. The summed E-state index contributed by atoms with van der Waals surface area (Å²) in [5, 5.41) is 0.0129. The van der Waals surface area contributed by atoms with E-state index in [4.69, 9.17) is 9.47 Å². The van der Waals surface area contributed by atoms with Gasteiger partial charge in [0.05, 0.1) is 20.0 Å². The van der Waals surface area contributed by atoms with E-state index in [0.29, 0.717) is 5.75 Å². The molecular formula is C17H26N2O3S. The fourth-order valence-electron chi connectivity index (χ4n) is 2.76. The molecule has 1 heterocycles. The molecule has 1 aromatic carbocycles. The molecule has 1 aromatic rings. The number of thioether (sulfide) groups is 1. The molecule has 1 unspecified atom stereocenters. The van der Waals surface area contributed by atoms with Crippen LogP contribution in [0.3, 0.4) is 0 Å². The van der Waals surface area contributed by atoms with Crippen LogP contribution in [0.5, 0.6) is 11.5 Å². The summed E-state index contributed by atoms with van der Waals surface area (Å²) in [6, 6.07) is 5.80. The zero-order chi connectivity index (χ0) is 16.8. The van der Waals surface area contributed by atoms with Gasteiger partial charge < -0.3 is 19.3 Å². The Hall–Kier alpha value is -1.40. The second-order valence-electron chi connectivity index (χ2n) is 5.39. The molecule has 23 heavy (non-hydrogen) atoms. The molecule has 2 rings (SSSR count). The van der Waals surface area contributed by atoms with E-state index < -0.39 is 0 Å². The zero-order valence-electron chi connectivity index (χ0n) is 14.4. The number of methoxy groups -OCH3 is 2. The molecule has 1 atom stereocenters. The molecule has 0 N–H and O–H groups in total. The number of carbonyl (C=O) groups excluding carboxylic acids is 1. The van der Waals surface area contributed by atoms with Crippen molar-refractivity contribution in [1.29, 1.82) is 0 Å². The summed E-state index contributed by atoms with van der Waals surface area (Å²) in [6.45, 7) is 7.94. The van der Waals surface area contributed by atoms with Gasteiger partial charge in [-0.2, -0.15) is 0 Å². The molecule has 1 amide bonds. The fourth-order valence-corrected chi connectivity index (χ4v) is 4.01. The van der Waals surface area contributed by atoms with Gasteiger partial charge in [0.1, 0.15) is 16.9 Å².